The molecule has 2 aromatic rings. The Labute approximate surface area is 162 Å². The second kappa shape index (κ2) is 8.47. The van der Waals surface area contributed by atoms with Crippen molar-refractivity contribution in [1.29, 1.82) is 0 Å². The van der Waals surface area contributed by atoms with Gasteiger partial charge in [-0.15, -0.1) is 0 Å². The van der Waals surface area contributed by atoms with Crippen LogP contribution in [-0.4, -0.2) is 37.7 Å². The second-order valence-electron chi connectivity index (χ2n) is 7.57. The van der Waals surface area contributed by atoms with Crippen molar-refractivity contribution >= 4 is 11.6 Å². The molecule has 1 aliphatic heterocycles. The zero-order chi connectivity index (χ0) is 18.5. The number of guanidine groups is 1. The van der Waals surface area contributed by atoms with Crippen molar-refractivity contribution in [3.63, 3.8) is 0 Å². The minimum Gasteiger partial charge on any atom is -0.371 e. The molecule has 27 heavy (non-hydrogen) atoms. The minimum atomic E-state index is 0.497. The Morgan fingerprint density at radius 3 is 2.30 bits per heavy atom. The Hall–Kier alpha value is -2.49. The van der Waals surface area contributed by atoms with Gasteiger partial charge >= 0.3 is 0 Å². The Morgan fingerprint density at radius 1 is 0.963 bits per heavy atom. The molecule has 2 fully saturated rings. The Kier molecular flexibility index (Phi) is 5.61. The molecule has 2 atom stereocenters. The van der Waals surface area contributed by atoms with Crippen LogP contribution in [0.4, 0.5) is 5.69 Å². The van der Waals surface area contributed by atoms with E-state index in [2.05, 4.69) is 88.1 Å². The third-order valence-corrected chi connectivity index (χ3v) is 5.61. The van der Waals surface area contributed by atoms with E-state index in [1.54, 1.807) is 0 Å². The number of rotatable bonds is 5. The van der Waals surface area contributed by atoms with Crippen LogP contribution in [0, 0.1) is 0 Å². The van der Waals surface area contributed by atoms with E-state index in [9.17, 15) is 0 Å². The molecule has 0 bridgehead atoms. The number of piperidine rings is 1. The molecule has 2 N–H and O–H groups in total. The average molecular weight is 363 g/mol. The Bertz CT molecular complexity index is 735. The normalized spacial score (nSPS) is 23.1. The number of benzene rings is 2. The number of aliphatic imine (C=N–C) groups is 1. The minimum absolute atomic E-state index is 0.497. The molecule has 4 nitrogen and oxygen atoms in total. The van der Waals surface area contributed by atoms with Crippen molar-refractivity contribution in [3.8, 4) is 0 Å². The van der Waals surface area contributed by atoms with Crippen molar-refractivity contribution in [1.82, 2.24) is 10.6 Å². The van der Waals surface area contributed by atoms with Crippen LogP contribution in [0.1, 0.15) is 37.7 Å². The van der Waals surface area contributed by atoms with Gasteiger partial charge in [0.2, 0.25) is 0 Å². The molecule has 4 rings (SSSR count). The monoisotopic (exact) mass is 362 g/mol. The molecule has 1 aliphatic carbocycles. The molecule has 1 saturated carbocycles. The molecular weight excluding hydrogens is 332 g/mol. The molecular formula is C23H30N4. The highest BCUT2D eigenvalue weighted by Crippen LogP contribution is 2.40. The SMILES string of the molecule is CCN=C(NC1CCN(c2ccccc2)CC1)NC1CC1c1ccccc1. The lowest BCUT2D eigenvalue weighted by molar-refractivity contribution is 0.461. The summed E-state index contributed by atoms with van der Waals surface area (Å²) in [5, 5.41) is 7.34. The summed E-state index contributed by atoms with van der Waals surface area (Å²) < 4.78 is 0. The van der Waals surface area contributed by atoms with Crippen LogP contribution in [0.25, 0.3) is 0 Å². The third-order valence-electron chi connectivity index (χ3n) is 5.61. The van der Waals surface area contributed by atoms with Gasteiger partial charge in [0.1, 0.15) is 0 Å². The summed E-state index contributed by atoms with van der Waals surface area (Å²) in [4.78, 5) is 7.17. The van der Waals surface area contributed by atoms with Crippen LogP contribution in [0.2, 0.25) is 0 Å². The van der Waals surface area contributed by atoms with Crippen molar-refractivity contribution in [2.45, 2.75) is 44.2 Å². The maximum Gasteiger partial charge on any atom is 0.191 e. The van der Waals surface area contributed by atoms with E-state index in [1.807, 2.05) is 0 Å². The fourth-order valence-corrected chi connectivity index (χ4v) is 4.00. The number of anilines is 1. The standard InChI is InChI=1S/C23H30N4/c1-2-24-23(26-22-17-21(22)18-9-5-3-6-10-18)25-19-13-15-27(16-14-19)20-11-7-4-8-12-20/h3-12,19,21-22H,2,13-17H2,1H3,(H2,24,25,26). The molecule has 2 aromatic carbocycles. The van der Waals surface area contributed by atoms with Crippen LogP contribution in [0.3, 0.4) is 0 Å². The maximum atomic E-state index is 4.68. The van der Waals surface area contributed by atoms with Gasteiger partial charge in [0.15, 0.2) is 5.96 Å². The van der Waals surface area contributed by atoms with Crippen LogP contribution in [0.15, 0.2) is 65.7 Å². The quantitative estimate of drug-likeness (QED) is 0.628. The molecule has 142 valence electrons. The zero-order valence-electron chi connectivity index (χ0n) is 16.1. The fraction of sp³-hybridized carbons (Fsp3) is 0.435. The Morgan fingerprint density at radius 2 is 1.63 bits per heavy atom. The van der Waals surface area contributed by atoms with Crippen LogP contribution in [-0.2, 0) is 0 Å². The summed E-state index contributed by atoms with van der Waals surface area (Å²) in [6, 6.07) is 22.5. The molecule has 2 unspecified atom stereocenters. The highest BCUT2D eigenvalue weighted by molar-refractivity contribution is 5.81. The van der Waals surface area contributed by atoms with Gasteiger partial charge in [-0.25, -0.2) is 0 Å². The third kappa shape index (κ3) is 4.62. The molecule has 0 spiro atoms. The highest BCUT2D eigenvalue weighted by Gasteiger charge is 2.39. The predicted molar refractivity (Wildman–Crippen MR) is 114 cm³/mol. The number of para-hydroxylation sites is 1. The van der Waals surface area contributed by atoms with E-state index in [0.717, 1.165) is 38.4 Å². The lowest BCUT2D eigenvalue weighted by atomic mass is 10.0. The first kappa shape index (κ1) is 17.9. The number of hydrogen-bond donors (Lipinski definition) is 2. The Balaban J connectivity index is 1.28. The molecule has 1 saturated heterocycles. The van der Waals surface area contributed by atoms with Gasteiger partial charge in [-0.05, 0) is 43.9 Å². The van der Waals surface area contributed by atoms with E-state index in [-0.39, 0.29) is 0 Å². The van der Waals surface area contributed by atoms with Gasteiger partial charge in [0.05, 0.1) is 0 Å². The van der Waals surface area contributed by atoms with E-state index >= 15 is 0 Å². The van der Waals surface area contributed by atoms with Crippen molar-refractivity contribution < 1.29 is 0 Å². The van der Waals surface area contributed by atoms with Crippen molar-refractivity contribution in [2.24, 2.45) is 4.99 Å². The lowest BCUT2D eigenvalue weighted by Crippen LogP contribution is -2.49. The molecule has 0 amide bonds. The van der Waals surface area contributed by atoms with Gasteiger partial charge in [-0.3, -0.25) is 4.99 Å². The fourth-order valence-electron chi connectivity index (χ4n) is 4.00. The van der Waals surface area contributed by atoms with Gasteiger partial charge in [-0.1, -0.05) is 48.5 Å². The van der Waals surface area contributed by atoms with E-state index in [4.69, 9.17) is 0 Å². The van der Waals surface area contributed by atoms with E-state index in [1.165, 1.54) is 17.7 Å². The summed E-state index contributed by atoms with van der Waals surface area (Å²) >= 11 is 0. The topological polar surface area (TPSA) is 39.7 Å². The van der Waals surface area contributed by atoms with E-state index < -0.39 is 0 Å². The van der Waals surface area contributed by atoms with Crippen molar-refractivity contribution in [2.75, 3.05) is 24.5 Å². The summed E-state index contributed by atoms with van der Waals surface area (Å²) in [5.41, 5.74) is 2.77. The number of nitrogens with one attached hydrogen (secondary N) is 2. The van der Waals surface area contributed by atoms with Crippen LogP contribution < -0.4 is 15.5 Å². The van der Waals surface area contributed by atoms with Gasteiger partial charge in [0.25, 0.3) is 0 Å². The molecule has 2 aliphatic rings. The van der Waals surface area contributed by atoms with Gasteiger partial charge < -0.3 is 15.5 Å². The van der Waals surface area contributed by atoms with Gasteiger partial charge in [0, 0.05) is 43.3 Å². The van der Waals surface area contributed by atoms with E-state index in [0.29, 0.717) is 18.0 Å². The summed E-state index contributed by atoms with van der Waals surface area (Å²) in [6.45, 7) is 5.10. The molecule has 0 radical (unpaired) electrons. The first-order valence-electron chi connectivity index (χ1n) is 10.3. The highest BCUT2D eigenvalue weighted by atomic mass is 15.2. The van der Waals surface area contributed by atoms with Crippen LogP contribution >= 0.6 is 0 Å². The summed E-state index contributed by atoms with van der Waals surface area (Å²) in [7, 11) is 0. The smallest absolute Gasteiger partial charge is 0.191 e. The van der Waals surface area contributed by atoms with Gasteiger partial charge in [-0.2, -0.15) is 0 Å². The van der Waals surface area contributed by atoms with Crippen molar-refractivity contribution in [3.05, 3.63) is 66.2 Å². The average Bonchev–Trinajstić information content (AvgIpc) is 3.49. The molecule has 1 heterocycles. The summed E-state index contributed by atoms with van der Waals surface area (Å²) in [6.07, 6.45) is 3.49. The largest absolute Gasteiger partial charge is 0.371 e. The lowest BCUT2D eigenvalue weighted by Gasteiger charge is -2.34. The summed E-state index contributed by atoms with van der Waals surface area (Å²) in [5.74, 6) is 1.61. The van der Waals surface area contributed by atoms with Crippen LogP contribution in [0.5, 0.6) is 0 Å². The molecule has 0 aromatic heterocycles. The zero-order valence-corrected chi connectivity index (χ0v) is 16.1. The first-order chi connectivity index (χ1) is 13.3. The number of hydrogen-bond acceptors (Lipinski definition) is 2. The maximum absolute atomic E-state index is 4.68. The second-order valence-corrected chi connectivity index (χ2v) is 7.57. The predicted octanol–water partition coefficient (Wildman–Crippen LogP) is 3.77. The molecule has 4 heteroatoms. The number of nitrogens with zero attached hydrogens (tertiary/aromatic N) is 2. The first-order valence-corrected chi connectivity index (χ1v) is 10.3.